The van der Waals surface area contributed by atoms with Crippen LogP contribution in [0.4, 0.5) is 0 Å². The Balaban J connectivity index is 3.78. The summed E-state index contributed by atoms with van der Waals surface area (Å²) in [7, 11) is 1.29. The van der Waals surface area contributed by atoms with Crippen LogP contribution in [0, 0.1) is 0 Å². The maximum absolute atomic E-state index is 11.3. The lowest BCUT2D eigenvalue weighted by atomic mass is 10.2. The SMILES string of the molecule is CCC(C)NCC(=O)NC(C)C(=O)OC. The first-order chi connectivity index (χ1) is 7.01. The highest BCUT2D eigenvalue weighted by Gasteiger charge is 2.15. The Morgan fingerprint density at radius 1 is 1.33 bits per heavy atom. The van der Waals surface area contributed by atoms with E-state index in [0.717, 1.165) is 6.42 Å². The van der Waals surface area contributed by atoms with Gasteiger partial charge in [0, 0.05) is 6.04 Å². The zero-order valence-corrected chi connectivity index (χ0v) is 9.79. The molecule has 2 atom stereocenters. The van der Waals surface area contributed by atoms with E-state index in [9.17, 15) is 9.59 Å². The van der Waals surface area contributed by atoms with Crippen molar-refractivity contribution in [3.05, 3.63) is 0 Å². The number of nitrogens with one attached hydrogen (secondary N) is 2. The molecule has 0 spiro atoms. The number of carbonyl (C=O) groups is 2. The van der Waals surface area contributed by atoms with Gasteiger partial charge in [0.1, 0.15) is 6.04 Å². The predicted octanol–water partition coefficient (Wildman–Crippen LogP) is 0.0522. The summed E-state index contributed by atoms with van der Waals surface area (Å²) in [4.78, 5) is 22.3. The summed E-state index contributed by atoms with van der Waals surface area (Å²) in [6.07, 6.45) is 0.958. The standard InChI is InChI=1S/C10H20N2O3/c1-5-7(2)11-6-9(13)12-8(3)10(14)15-4/h7-8,11H,5-6H2,1-4H3,(H,12,13). The van der Waals surface area contributed by atoms with Crippen LogP contribution in [0.25, 0.3) is 0 Å². The van der Waals surface area contributed by atoms with Gasteiger partial charge in [0.25, 0.3) is 0 Å². The van der Waals surface area contributed by atoms with Gasteiger partial charge in [0.2, 0.25) is 5.91 Å². The quantitative estimate of drug-likeness (QED) is 0.616. The van der Waals surface area contributed by atoms with Crippen molar-refractivity contribution in [3.63, 3.8) is 0 Å². The molecule has 15 heavy (non-hydrogen) atoms. The van der Waals surface area contributed by atoms with Crippen LogP contribution >= 0.6 is 0 Å². The number of hydrogen-bond acceptors (Lipinski definition) is 4. The molecule has 0 aliphatic heterocycles. The Kier molecular flexibility index (Phi) is 6.70. The summed E-state index contributed by atoms with van der Waals surface area (Å²) in [5.74, 6) is -0.639. The molecule has 5 heteroatoms. The van der Waals surface area contributed by atoms with Crippen LogP contribution in [0.3, 0.4) is 0 Å². The number of esters is 1. The van der Waals surface area contributed by atoms with Crippen molar-refractivity contribution < 1.29 is 14.3 Å². The van der Waals surface area contributed by atoms with Crippen molar-refractivity contribution in [1.82, 2.24) is 10.6 Å². The van der Waals surface area contributed by atoms with Crippen LogP contribution < -0.4 is 10.6 Å². The third-order valence-electron chi connectivity index (χ3n) is 2.16. The molecule has 0 rings (SSSR count). The Morgan fingerprint density at radius 3 is 2.40 bits per heavy atom. The molecule has 0 bridgehead atoms. The molecule has 5 nitrogen and oxygen atoms in total. The molecule has 0 aliphatic carbocycles. The van der Waals surface area contributed by atoms with Crippen molar-refractivity contribution in [2.45, 2.75) is 39.3 Å². The average Bonchev–Trinajstić information content (AvgIpc) is 2.24. The molecule has 88 valence electrons. The van der Waals surface area contributed by atoms with E-state index in [4.69, 9.17) is 0 Å². The van der Waals surface area contributed by atoms with E-state index < -0.39 is 12.0 Å². The fraction of sp³-hybridized carbons (Fsp3) is 0.800. The summed E-state index contributed by atoms with van der Waals surface area (Å²) in [6.45, 7) is 5.84. The van der Waals surface area contributed by atoms with E-state index in [1.807, 2.05) is 13.8 Å². The van der Waals surface area contributed by atoms with Gasteiger partial charge in [-0.15, -0.1) is 0 Å². The van der Waals surface area contributed by atoms with Crippen molar-refractivity contribution in [2.24, 2.45) is 0 Å². The highest BCUT2D eigenvalue weighted by Crippen LogP contribution is 1.88. The zero-order chi connectivity index (χ0) is 11.8. The second kappa shape index (κ2) is 7.23. The first kappa shape index (κ1) is 13.9. The van der Waals surface area contributed by atoms with Gasteiger partial charge in [-0.3, -0.25) is 4.79 Å². The molecule has 0 aliphatic rings. The minimum absolute atomic E-state index is 0.201. The van der Waals surface area contributed by atoms with E-state index in [-0.39, 0.29) is 12.5 Å². The molecule has 0 aromatic heterocycles. The van der Waals surface area contributed by atoms with Gasteiger partial charge in [0.15, 0.2) is 0 Å². The van der Waals surface area contributed by atoms with Crippen LogP contribution in [0.5, 0.6) is 0 Å². The van der Waals surface area contributed by atoms with Gasteiger partial charge in [-0.1, -0.05) is 6.92 Å². The van der Waals surface area contributed by atoms with Crippen LogP contribution in [-0.4, -0.2) is 37.6 Å². The Morgan fingerprint density at radius 2 is 1.93 bits per heavy atom. The van der Waals surface area contributed by atoms with Crippen molar-refractivity contribution in [3.8, 4) is 0 Å². The van der Waals surface area contributed by atoms with Crippen LogP contribution in [0.2, 0.25) is 0 Å². The third kappa shape index (κ3) is 6.06. The highest BCUT2D eigenvalue weighted by atomic mass is 16.5. The summed E-state index contributed by atoms with van der Waals surface area (Å²) >= 11 is 0. The lowest BCUT2D eigenvalue weighted by Gasteiger charge is -2.14. The molecular formula is C10H20N2O3. The molecule has 0 heterocycles. The molecule has 1 amide bonds. The normalized spacial score (nSPS) is 14.1. The second-order valence-electron chi connectivity index (χ2n) is 3.50. The van der Waals surface area contributed by atoms with E-state index in [1.54, 1.807) is 6.92 Å². The molecular weight excluding hydrogens is 196 g/mol. The molecule has 2 unspecified atom stereocenters. The Bertz CT molecular complexity index is 219. The number of hydrogen-bond donors (Lipinski definition) is 2. The first-order valence-corrected chi connectivity index (χ1v) is 5.11. The zero-order valence-electron chi connectivity index (χ0n) is 9.79. The topological polar surface area (TPSA) is 67.4 Å². The Labute approximate surface area is 90.6 Å². The summed E-state index contributed by atoms with van der Waals surface area (Å²) in [5.41, 5.74) is 0. The van der Waals surface area contributed by atoms with Gasteiger partial charge < -0.3 is 15.4 Å². The van der Waals surface area contributed by atoms with Crippen molar-refractivity contribution in [1.29, 1.82) is 0 Å². The molecule has 0 fully saturated rings. The lowest BCUT2D eigenvalue weighted by Crippen LogP contribution is -2.44. The van der Waals surface area contributed by atoms with Gasteiger partial charge in [-0.2, -0.15) is 0 Å². The minimum atomic E-state index is -0.596. The number of rotatable bonds is 6. The van der Waals surface area contributed by atoms with Crippen LogP contribution in [0.15, 0.2) is 0 Å². The first-order valence-electron chi connectivity index (χ1n) is 5.11. The smallest absolute Gasteiger partial charge is 0.328 e. The van der Waals surface area contributed by atoms with Crippen molar-refractivity contribution in [2.75, 3.05) is 13.7 Å². The fourth-order valence-electron chi connectivity index (χ4n) is 0.939. The second-order valence-corrected chi connectivity index (χ2v) is 3.50. The van der Waals surface area contributed by atoms with E-state index in [0.29, 0.717) is 6.04 Å². The van der Waals surface area contributed by atoms with Gasteiger partial charge >= 0.3 is 5.97 Å². The molecule has 0 radical (unpaired) electrons. The highest BCUT2D eigenvalue weighted by molar-refractivity contribution is 5.85. The maximum atomic E-state index is 11.3. The number of methoxy groups -OCH3 is 1. The van der Waals surface area contributed by atoms with Crippen LogP contribution in [-0.2, 0) is 14.3 Å². The summed E-state index contributed by atoms with van der Waals surface area (Å²) < 4.78 is 4.49. The number of ether oxygens (including phenoxy) is 1. The molecule has 2 N–H and O–H groups in total. The largest absolute Gasteiger partial charge is 0.467 e. The number of carbonyl (C=O) groups excluding carboxylic acids is 2. The predicted molar refractivity (Wildman–Crippen MR) is 57.4 cm³/mol. The molecule has 0 aromatic rings. The molecule has 0 saturated heterocycles. The van der Waals surface area contributed by atoms with Crippen LogP contribution in [0.1, 0.15) is 27.2 Å². The minimum Gasteiger partial charge on any atom is -0.467 e. The van der Waals surface area contributed by atoms with E-state index in [2.05, 4.69) is 15.4 Å². The van der Waals surface area contributed by atoms with E-state index >= 15 is 0 Å². The molecule has 0 saturated carbocycles. The maximum Gasteiger partial charge on any atom is 0.328 e. The lowest BCUT2D eigenvalue weighted by molar-refractivity contribution is -0.144. The van der Waals surface area contributed by atoms with Gasteiger partial charge in [-0.05, 0) is 20.3 Å². The fourth-order valence-corrected chi connectivity index (χ4v) is 0.939. The molecule has 0 aromatic carbocycles. The van der Waals surface area contributed by atoms with E-state index in [1.165, 1.54) is 7.11 Å². The summed E-state index contributed by atoms with van der Waals surface area (Å²) in [5, 5.41) is 5.56. The monoisotopic (exact) mass is 216 g/mol. The van der Waals surface area contributed by atoms with Gasteiger partial charge in [-0.25, -0.2) is 4.79 Å². The summed E-state index contributed by atoms with van der Waals surface area (Å²) in [6, 6.07) is -0.301. The van der Waals surface area contributed by atoms with Gasteiger partial charge in [0.05, 0.1) is 13.7 Å². The van der Waals surface area contributed by atoms with Crippen molar-refractivity contribution >= 4 is 11.9 Å². The number of amides is 1. The average molecular weight is 216 g/mol. The third-order valence-corrected chi connectivity index (χ3v) is 2.16. The Hall–Kier alpha value is -1.10.